The number of rotatable bonds is 4. The van der Waals surface area contributed by atoms with Gasteiger partial charge in [0.25, 0.3) is 0 Å². The van der Waals surface area contributed by atoms with Gasteiger partial charge in [-0.05, 0) is 42.5 Å². The normalized spacial score (nSPS) is 12.7. The zero-order valence-corrected chi connectivity index (χ0v) is 13.1. The van der Waals surface area contributed by atoms with Crippen LogP contribution in [0.4, 0.5) is 0 Å². The second-order valence-corrected chi connectivity index (χ2v) is 7.07. The average Bonchev–Trinajstić information content (AvgIpc) is 2.75. The summed E-state index contributed by atoms with van der Waals surface area (Å²) in [5.41, 5.74) is 0.761. The Morgan fingerprint density at radius 3 is 2.67 bits per heavy atom. The Kier molecular flexibility index (Phi) is 4.58. The van der Waals surface area contributed by atoms with Crippen LogP contribution >= 0.6 is 33.9 Å². The van der Waals surface area contributed by atoms with Crippen LogP contribution in [0.15, 0.2) is 30.5 Å². The number of aliphatic hydroxyl groups is 1. The molecule has 0 amide bonds. The molecule has 96 valence electrons. The van der Waals surface area contributed by atoms with Gasteiger partial charge in [0, 0.05) is 5.56 Å². The quantitative estimate of drug-likeness (QED) is 0.831. The van der Waals surface area contributed by atoms with Crippen LogP contribution in [0.25, 0.3) is 0 Å². The molecule has 3 nitrogen and oxygen atoms in total. The van der Waals surface area contributed by atoms with E-state index in [1.165, 1.54) is 11.3 Å². The number of ether oxygens (including phenoxy) is 1. The van der Waals surface area contributed by atoms with Crippen molar-refractivity contribution >= 4 is 33.9 Å². The molecule has 1 unspecified atom stereocenters. The third-order valence-corrected chi connectivity index (χ3v) is 4.08. The van der Waals surface area contributed by atoms with Gasteiger partial charge in [-0.2, -0.15) is 0 Å². The lowest BCUT2D eigenvalue weighted by atomic mass is 10.1. The molecule has 0 bridgehead atoms. The van der Waals surface area contributed by atoms with Gasteiger partial charge in [0.05, 0.1) is 15.2 Å². The van der Waals surface area contributed by atoms with Crippen molar-refractivity contribution in [1.82, 2.24) is 4.98 Å². The van der Waals surface area contributed by atoms with Gasteiger partial charge < -0.3 is 9.84 Å². The Bertz CT molecular complexity index is 527. The number of thiazole rings is 1. The highest BCUT2D eigenvalue weighted by atomic mass is 127. The fraction of sp³-hybridized carbons (Fsp3) is 0.308. The standard InChI is InChI=1S/C13H14INO2S/c1-8(2)17-10-6-4-3-5-9(10)12(16)13-15-7-11(14)18-13/h3-8,12,16H,1-2H3. The van der Waals surface area contributed by atoms with Crippen LogP contribution in [0.2, 0.25) is 0 Å². The first-order valence-electron chi connectivity index (χ1n) is 5.63. The molecule has 1 heterocycles. The van der Waals surface area contributed by atoms with Crippen molar-refractivity contribution in [3.05, 3.63) is 43.9 Å². The van der Waals surface area contributed by atoms with E-state index >= 15 is 0 Å². The van der Waals surface area contributed by atoms with Crippen molar-refractivity contribution in [1.29, 1.82) is 0 Å². The predicted molar refractivity (Wildman–Crippen MR) is 81.1 cm³/mol. The first-order valence-corrected chi connectivity index (χ1v) is 7.52. The zero-order chi connectivity index (χ0) is 13.1. The molecule has 1 N–H and O–H groups in total. The molecule has 18 heavy (non-hydrogen) atoms. The molecule has 1 atom stereocenters. The highest BCUT2D eigenvalue weighted by Gasteiger charge is 2.18. The van der Waals surface area contributed by atoms with E-state index in [0.717, 1.165) is 8.45 Å². The second kappa shape index (κ2) is 5.99. The van der Waals surface area contributed by atoms with Gasteiger partial charge in [-0.15, -0.1) is 11.3 Å². The number of nitrogens with zero attached hydrogens (tertiary/aromatic N) is 1. The molecule has 2 aromatic rings. The molecule has 0 saturated heterocycles. The van der Waals surface area contributed by atoms with Crippen LogP contribution in [0, 0.1) is 2.88 Å². The van der Waals surface area contributed by atoms with Crippen molar-refractivity contribution in [2.45, 2.75) is 26.1 Å². The Balaban J connectivity index is 2.32. The molecule has 1 aromatic carbocycles. The Hall–Kier alpha value is -0.660. The SMILES string of the molecule is CC(C)Oc1ccccc1C(O)c1ncc(I)s1. The third kappa shape index (κ3) is 3.21. The molecule has 2 rings (SSSR count). The fourth-order valence-corrected chi connectivity index (χ4v) is 3.06. The van der Waals surface area contributed by atoms with Crippen molar-refractivity contribution in [3.8, 4) is 5.75 Å². The number of para-hydroxylation sites is 1. The molecule has 0 aliphatic rings. The summed E-state index contributed by atoms with van der Waals surface area (Å²) in [6.07, 6.45) is 1.11. The maximum absolute atomic E-state index is 10.4. The lowest BCUT2D eigenvalue weighted by molar-refractivity contribution is 0.198. The van der Waals surface area contributed by atoms with Crippen molar-refractivity contribution < 1.29 is 9.84 Å². The van der Waals surface area contributed by atoms with Gasteiger partial charge in [-0.25, -0.2) is 4.98 Å². The molecular weight excluding hydrogens is 361 g/mol. The molecular formula is C13H14INO2S. The van der Waals surface area contributed by atoms with Gasteiger partial charge in [0.1, 0.15) is 16.9 Å². The summed E-state index contributed by atoms with van der Waals surface area (Å²) in [4.78, 5) is 4.22. The first kappa shape index (κ1) is 13.8. The van der Waals surface area contributed by atoms with Crippen LogP contribution in [0.5, 0.6) is 5.75 Å². The van der Waals surface area contributed by atoms with E-state index in [-0.39, 0.29) is 6.10 Å². The molecule has 0 radical (unpaired) electrons. The summed E-state index contributed by atoms with van der Waals surface area (Å²) in [5.74, 6) is 0.713. The Morgan fingerprint density at radius 1 is 1.33 bits per heavy atom. The number of benzene rings is 1. The molecule has 0 fully saturated rings. The van der Waals surface area contributed by atoms with Crippen LogP contribution in [-0.4, -0.2) is 16.2 Å². The maximum Gasteiger partial charge on any atom is 0.134 e. The largest absolute Gasteiger partial charge is 0.491 e. The lowest BCUT2D eigenvalue weighted by Crippen LogP contribution is -2.09. The summed E-state index contributed by atoms with van der Waals surface area (Å²) >= 11 is 3.68. The van der Waals surface area contributed by atoms with Gasteiger partial charge >= 0.3 is 0 Å². The summed E-state index contributed by atoms with van der Waals surface area (Å²) in [7, 11) is 0. The van der Waals surface area contributed by atoms with E-state index in [4.69, 9.17) is 4.74 Å². The minimum Gasteiger partial charge on any atom is -0.491 e. The summed E-state index contributed by atoms with van der Waals surface area (Å²) in [6.45, 7) is 3.94. The van der Waals surface area contributed by atoms with Crippen molar-refractivity contribution in [2.75, 3.05) is 0 Å². The zero-order valence-electron chi connectivity index (χ0n) is 10.1. The van der Waals surface area contributed by atoms with E-state index in [2.05, 4.69) is 27.6 Å². The number of hydrogen-bond acceptors (Lipinski definition) is 4. The van der Waals surface area contributed by atoms with E-state index in [0.29, 0.717) is 10.8 Å². The molecule has 5 heteroatoms. The van der Waals surface area contributed by atoms with Crippen LogP contribution in [0.3, 0.4) is 0 Å². The highest BCUT2D eigenvalue weighted by Crippen LogP contribution is 2.32. The topological polar surface area (TPSA) is 42.4 Å². The number of halogens is 1. The van der Waals surface area contributed by atoms with Gasteiger partial charge in [0.2, 0.25) is 0 Å². The van der Waals surface area contributed by atoms with E-state index < -0.39 is 6.10 Å². The summed E-state index contributed by atoms with van der Waals surface area (Å²) < 4.78 is 6.77. The maximum atomic E-state index is 10.4. The highest BCUT2D eigenvalue weighted by molar-refractivity contribution is 14.1. The van der Waals surface area contributed by atoms with E-state index in [1.54, 1.807) is 6.20 Å². The third-order valence-electron chi connectivity index (χ3n) is 2.31. The van der Waals surface area contributed by atoms with E-state index in [9.17, 15) is 5.11 Å². The predicted octanol–water partition coefficient (Wildman–Crippen LogP) is 3.62. The number of hydrogen-bond donors (Lipinski definition) is 1. The number of aromatic nitrogens is 1. The Morgan fingerprint density at radius 2 is 2.06 bits per heavy atom. The Labute approximate surface area is 124 Å². The summed E-state index contributed by atoms with van der Waals surface area (Å²) in [6, 6.07) is 7.54. The monoisotopic (exact) mass is 375 g/mol. The molecule has 0 saturated carbocycles. The second-order valence-electron chi connectivity index (χ2n) is 4.11. The molecule has 1 aromatic heterocycles. The minimum absolute atomic E-state index is 0.0785. The molecule has 0 spiro atoms. The van der Waals surface area contributed by atoms with Gasteiger partial charge in [0.15, 0.2) is 0 Å². The van der Waals surface area contributed by atoms with Gasteiger partial charge in [-0.1, -0.05) is 18.2 Å². The molecule has 0 aliphatic carbocycles. The molecule has 0 aliphatic heterocycles. The van der Waals surface area contributed by atoms with E-state index in [1.807, 2.05) is 38.1 Å². The number of aliphatic hydroxyl groups excluding tert-OH is 1. The van der Waals surface area contributed by atoms with Gasteiger partial charge in [-0.3, -0.25) is 0 Å². The average molecular weight is 375 g/mol. The van der Waals surface area contributed by atoms with Crippen molar-refractivity contribution in [3.63, 3.8) is 0 Å². The first-order chi connectivity index (χ1) is 8.58. The fourth-order valence-electron chi connectivity index (χ4n) is 1.59. The smallest absolute Gasteiger partial charge is 0.134 e. The van der Waals surface area contributed by atoms with Crippen molar-refractivity contribution in [2.24, 2.45) is 0 Å². The minimum atomic E-state index is -0.728. The van der Waals surface area contributed by atoms with Crippen LogP contribution < -0.4 is 4.74 Å². The van der Waals surface area contributed by atoms with Crippen LogP contribution in [-0.2, 0) is 0 Å². The lowest BCUT2D eigenvalue weighted by Gasteiger charge is -2.16. The van der Waals surface area contributed by atoms with Crippen LogP contribution in [0.1, 0.15) is 30.5 Å². The summed E-state index contributed by atoms with van der Waals surface area (Å²) in [5, 5.41) is 11.1.